The van der Waals surface area contributed by atoms with Gasteiger partial charge in [0.15, 0.2) is 0 Å². The van der Waals surface area contributed by atoms with Gasteiger partial charge in [0.05, 0.1) is 10.5 Å². The van der Waals surface area contributed by atoms with Gasteiger partial charge in [-0.15, -0.1) is 0 Å². The summed E-state index contributed by atoms with van der Waals surface area (Å²) in [7, 11) is 0. The monoisotopic (exact) mass is 235 g/mol. The average Bonchev–Trinajstić information content (AvgIpc) is 2.08. The molecule has 0 bridgehead atoms. The van der Waals surface area contributed by atoms with Crippen molar-refractivity contribution in [2.24, 2.45) is 5.73 Å². The van der Waals surface area contributed by atoms with Gasteiger partial charge in [-0.1, -0.05) is 12.1 Å². The van der Waals surface area contributed by atoms with Gasteiger partial charge < -0.3 is 5.73 Å². The maximum atomic E-state index is 13.1. The molecule has 0 unspecified atom stereocenters. The van der Waals surface area contributed by atoms with E-state index in [0.717, 1.165) is 0 Å². The molecule has 0 heterocycles. The molecule has 4 heteroatoms. The minimum Gasteiger partial charge on any atom is -0.322 e. The zero-order valence-electron chi connectivity index (χ0n) is 6.23. The molecule has 0 aromatic heterocycles. The minimum atomic E-state index is -0.873. The average molecular weight is 236 g/mol. The highest BCUT2D eigenvalue weighted by Crippen LogP contribution is 2.22. The van der Waals surface area contributed by atoms with Crippen LogP contribution >= 0.6 is 15.9 Å². The van der Waals surface area contributed by atoms with Crippen molar-refractivity contribution in [1.29, 1.82) is 0 Å². The first kappa shape index (κ1) is 9.61. The Bertz CT molecular complexity index is 278. The standard InChI is InChI=1S/C8H8BrF2N/c9-6-3-1-2-5(8(6)11)7(12)4-10/h1-3,7H,4,12H2/t7-/m1/s1. The molecule has 1 aromatic rings. The highest BCUT2D eigenvalue weighted by molar-refractivity contribution is 9.10. The van der Waals surface area contributed by atoms with E-state index in [1.54, 1.807) is 12.1 Å². The van der Waals surface area contributed by atoms with Gasteiger partial charge in [-0.3, -0.25) is 0 Å². The van der Waals surface area contributed by atoms with Crippen LogP contribution in [0.5, 0.6) is 0 Å². The summed E-state index contributed by atoms with van der Waals surface area (Å²) in [5, 5.41) is 0. The van der Waals surface area contributed by atoms with Crippen LogP contribution in [0.3, 0.4) is 0 Å². The van der Waals surface area contributed by atoms with Crippen molar-refractivity contribution < 1.29 is 8.78 Å². The van der Waals surface area contributed by atoms with E-state index in [2.05, 4.69) is 15.9 Å². The number of halogens is 3. The van der Waals surface area contributed by atoms with Gasteiger partial charge in [0.25, 0.3) is 0 Å². The van der Waals surface area contributed by atoms with E-state index in [0.29, 0.717) is 4.47 Å². The van der Waals surface area contributed by atoms with Crippen LogP contribution in [-0.2, 0) is 0 Å². The molecular formula is C8H8BrF2N. The van der Waals surface area contributed by atoms with Gasteiger partial charge in [0, 0.05) is 5.56 Å². The van der Waals surface area contributed by atoms with E-state index in [1.807, 2.05) is 0 Å². The molecule has 2 N–H and O–H groups in total. The van der Waals surface area contributed by atoms with Crippen molar-refractivity contribution in [3.63, 3.8) is 0 Å². The van der Waals surface area contributed by atoms with E-state index in [9.17, 15) is 8.78 Å². The number of alkyl halides is 1. The van der Waals surface area contributed by atoms with E-state index >= 15 is 0 Å². The normalized spacial score (nSPS) is 13.0. The molecule has 1 rings (SSSR count). The first-order valence-corrected chi connectivity index (χ1v) is 4.21. The Hall–Kier alpha value is -0.480. The van der Waals surface area contributed by atoms with Crippen molar-refractivity contribution in [3.05, 3.63) is 34.1 Å². The minimum absolute atomic E-state index is 0.201. The zero-order chi connectivity index (χ0) is 9.14. The predicted octanol–water partition coefficient (Wildman–Crippen LogP) is 2.56. The second kappa shape index (κ2) is 3.96. The van der Waals surface area contributed by atoms with E-state index < -0.39 is 18.5 Å². The van der Waals surface area contributed by atoms with Gasteiger partial charge in [-0.25, -0.2) is 8.78 Å². The summed E-state index contributed by atoms with van der Waals surface area (Å²) >= 11 is 2.99. The Balaban J connectivity index is 3.07. The molecule has 0 saturated carbocycles. The molecule has 66 valence electrons. The van der Waals surface area contributed by atoms with Crippen molar-refractivity contribution in [2.45, 2.75) is 6.04 Å². The summed E-state index contributed by atoms with van der Waals surface area (Å²) in [5.74, 6) is -0.484. The summed E-state index contributed by atoms with van der Waals surface area (Å²) in [6.45, 7) is -0.757. The van der Waals surface area contributed by atoms with E-state index in [4.69, 9.17) is 5.73 Å². The lowest BCUT2D eigenvalue weighted by Gasteiger charge is -2.08. The molecule has 12 heavy (non-hydrogen) atoms. The lowest BCUT2D eigenvalue weighted by atomic mass is 10.1. The number of hydrogen-bond donors (Lipinski definition) is 1. The third kappa shape index (κ3) is 1.81. The lowest BCUT2D eigenvalue weighted by Crippen LogP contribution is -2.14. The first-order valence-electron chi connectivity index (χ1n) is 3.42. The summed E-state index contributed by atoms with van der Waals surface area (Å²) in [5.41, 5.74) is 5.53. The summed E-state index contributed by atoms with van der Waals surface area (Å²) in [6, 6.07) is 3.77. The molecule has 0 aliphatic heterocycles. The fraction of sp³-hybridized carbons (Fsp3) is 0.250. The van der Waals surface area contributed by atoms with Crippen LogP contribution in [0.25, 0.3) is 0 Å². The Labute approximate surface area is 77.7 Å². The van der Waals surface area contributed by atoms with Crippen LogP contribution in [-0.4, -0.2) is 6.67 Å². The second-order valence-corrected chi connectivity index (χ2v) is 3.26. The van der Waals surface area contributed by atoms with Crippen LogP contribution in [0.15, 0.2) is 22.7 Å². The van der Waals surface area contributed by atoms with Gasteiger partial charge >= 0.3 is 0 Å². The molecule has 0 amide bonds. The quantitative estimate of drug-likeness (QED) is 0.838. The molecule has 1 atom stereocenters. The molecule has 0 spiro atoms. The third-order valence-corrected chi connectivity index (χ3v) is 2.16. The summed E-state index contributed by atoms with van der Waals surface area (Å²) in [6.07, 6.45) is 0. The maximum Gasteiger partial charge on any atom is 0.142 e. The van der Waals surface area contributed by atoms with E-state index in [-0.39, 0.29) is 5.56 Å². The van der Waals surface area contributed by atoms with Crippen LogP contribution in [0.2, 0.25) is 0 Å². The maximum absolute atomic E-state index is 13.1. The first-order chi connectivity index (χ1) is 5.66. The molecule has 0 fully saturated rings. The van der Waals surface area contributed by atoms with E-state index in [1.165, 1.54) is 6.07 Å². The Morgan fingerprint density at radius 3 is 2.75 bits per heavy atom. The highest BCUT2D eigenvalue weighted by Gasteiger charge is 2.12. The SMILES string of the molecule is N[C@H](CF)c1cccc(Br)c1F. The third-order valence-electron chi connectivity index (χ3n) is 1.55. The highest BCUT2D eigenvalue weighted by atomic mass is 79.9. The number of rotatable bonds is 2. The molecule has 0 radical (unpaired) electrons. The van der Waals surface area contributed by atoms with Crippen molar-refractivity contribution in [3.8, 4) is 0 Å². The number of nitrogens with two attached hydrogens (primary N) is 1. The lowest BCUT2D eigenvalue weighted by molar-refractivity contribution is 0.426. The molecule has 0 aliphatic rings. The van der Waals surface area contributed by atoms with Gasteiger partial charge in [-0.05, 0) is 22.0 Å². The molecular weight excluding hydrogens is 228 g/mol. The fourth-order valence-electron chi connectivity index (χ4n) is 0.890. The van der Waals surface area contributed by atoms with Crippen molar-refractivity contribution in [1.82, 2.24) is 0 Å². The number of hydrogen-bond acceptors (Lipinski definition) is 1. The van der Waals surface area contributed by atoms with Gasteiger partial charge in [-0.2, -0.15) is 0 Å². The van der Waals surface area contributed by atoms with Crippen LogP contribution in [0.1, 0.15) is 11.6 Å². The second-order valence-electron chi connectivity index (χ2n) is 2.40. The zero-order valence-corrected chi connectivity index (χ0v) is 7.81. The topological polar surface area (TPSA) is 26.0 Å². The Morgan fingerprint density at radius 2 is 2.17 bits per heavy atom. The smallest absolute Gasteiger partial charge is 0.142 e. The van der Waals surface area contributed by atoms with Gasteiger partial charge in [0.2, 0.25) is 0 Å². The predicted molar refractivity (Wildman–Crippen MR) is 47.0 cm³/mol. The van der Waals surface area contributed by atoms with Crippen molar-refractivity contribution in [2.75, 3.05) is 6.67 Å². The van der Waals surface area contributed by atoms with Crippen molar-refractivity contribution >= 4 is 15.9 Å². The van der Waals surface area contributed by atoms with Crippen LogP contribution < -0.4 is 5.73 Å². The summed E-state index contributed by atoms with van der Waals surface area (Å²) in [4.78, 5) is 0. The Kier molecular flexibility index (Phi) is 3.17. The molecule has 0 saturated heterocycles. The van der Waals surface area contributed by atoms with Crippen LogP contribution in [0.4, 0.5) is 8.78 Å². The fourth-order valence-corrected chi connectivity index (χ4v) is 1.27. The van der Waals surface area contributed by atoms with Crippen LogP contribution in [0, 0.1) is 5.82 Å². The Morgan fingerprint density at radius 1 is 1.50 bits per heavy atom. The number of benzene rings is 1. The molecule has 1 nitrogen and oxygen atoms in total. The van der Waals surface area contributed by atoms with Gasteiger partial charge in [0.1, 0.15) is 12.5 Å². The molecule has 1 aromatic carbocycles. The largest absolute Gasteiger partial charge is 0.322 e. The summed E-state index contributed by atoms with van der Waals surface area (Å²) < 4.78 is 25.5. The molecule has 0 aliphatic carbocycles.